The Hall–Kier alpha value is -3.12. The van der Waals surface area contributed by atoms with Crippen LogP contribution < -0.4 is 15.0 Å². The fraction of sp³-hybridized carbons (Fsp3) is 0.381. The highest BCUT2D eigenvalue weighted by Gasteiger charge is 2.35. The number of amides is 1. The predicted molar refractivity (Wildman–Crippen MR) is 119 cm³/mol. The zero-order valence-electron chi connectivity index (χ0n) is 17.8. The van der Waals surface area contributed by atoms with E-state index in [2.05, 4.69) is 20.0 Å². The number of aromatic nitrogens is 2. The molecule has 2 unspecified atom stereocenters. The van der Waals surface area contributed by atoms with Crippen LogP contribution in [0.15, 0.2) is 35.0 Å². The number of likely N-dealkylation sites (tertiary alicyclic amines) is 1. The molecule has 176 valence electrons. The molecule has 12 heteroatoms. The molecule has 2 atom stereocenters. The number of carbonyl (C=O) groups is 1. The van der Waals surface area contributed by atoms with Crippen molar-refractivity contribution in [3.63, 3.8) is 0 Å². The van der Waals surface area contributed by atoms with Crippen molar-refractivity contribution < 1.29 is 27.8 Å². The second-order valence-electron chi connectivity index (χ2n) is 7.92. The maximum Gasteiger partial charge on any atom is 0.573 e. The van der Waals surface area contributed by atoms with E-state index in [1.165, 1.54) is 40.5 Å². The Kier molecular flexibility index (Phi) is 6.30. The van der Waals surface area contributed by atoms with Crippen LogP contribution in [0.4, 0.5) is 24.9 Å². The van der Waals surface area contributed by atoms with Crippen LogP contribution in [0.3, 0.4) is 0 Å². The number of thiophene rings is 1. The molecule has 1 aliphatic rings. The third-order valence-corrected chi connectivity index (χ3v) is 5.94. The number of β-amino-alcohol motifs (C(OH)–C–C–N with tert-alkyl or cyclic N) is 1. The molecule has 2 aromatic heterocycles. The molecule has 33 heavy (non-hydrogen) atoms. The van der Waals surface area contributed by atoms with E-state index >= 15 is 0 Å². The van der Waals surface area contributed by atoms with Crippen molar-refractivity contribution in [1.82, 2.24) is 14.9 Å². The molecule has 1 fully saturated rings. The van der Waals surface area contributed by atoms with Crippen LogP contribution in [0.5, 0.6) is 5.75 Å². The minimum Gasteiger partial charge on any atom is -0.406 e. The zero-order valence-corrected chi connectivity index (χ0v) is 18.7. The summed E-state index contributed by atoms with van der Waals surface area (Å²) in [6.45, 7) is 0.380. The van der Waals surface area contributed by atoms with E-state index in [0.29, 0.717) is 11.5 Å². The molecule has 0 radical (unpaired) electrons. The first-order chi connectivity index (χ1) is 15.6. The first-order valence-electron chi connectivity index (χ1n) is 10.1. The van der Waals surface area contributed by atoms with Gasteiger partial charge in [0.1, 0.15) is 11.6 Å². The average molecular weight is 482 g/mol. The highest BCUT2D eigenvalue weighted by molar-refractivity contribution is 7.09. The van der Waals surface area contributed by atoms with Crippen LogP contribution in [-0.4, -0.2) is 71.6 Å². The van der Waals surface area contributed by atoms with E-state index in [-0.39, 0.29) is 31.2 Å². The van der Waals surface area contributed by atoms with Crippen molar-refractivity contribution in [3.8, 4) is 5.75 Å². The van der Waals surface area contributed by atoms with Gasteiger partial charge in [-0.15, -0.1) is 24.5 Å². The highest BCUT2D eigenvalue weighted by Crippen LogP contribution is 2.28. The molecule has 0 saturated carbocycles. The number of hydrogen-bond acceptors (Lipinski definition) is 8. The van der Waals surface area contributed by atoms with Gasteiger partial charge in [-0.2, -0.15) is 4.98 Å². The summed E-state index contributed by atoms with van der Waals surface area (Å²) in [6.07, 6.45) is -5.59. The topological polar surface area (TPSA) is 90.8 Å². The number of benzene rings is 1. The minimum atomic E-state index is -4.77. The van der Waals surface area contributed by atoms with Gasteiger partial charge in [-0.05, 0) is 17.7 Å². The zero-order chi connectivity index (χ0) is 23.8. The number of alkyl halides is 3. The van der Waals surface area contributed by atoms with E-state index < -0.39 is 18.5 Å². The van der Waals surface area contributed by atoms with Crippen molar-refractivity contribution in [3.05, 3.63) is 40.6 Å². The number of nitrogens with zero attached hydrogens (tertiary/aromatic N) is 4. The molecule has 4 rings (SSSR count). The van der Waals surface area contributed by atoms with Crippen molar-refractivity contribution >= 4 is 39.9 Å². The quantitative estimate of drug-likeness (QED) is 0.560. The Morgan fingerprint density at radius 2 is 1.97 bits per heavy atom. The molecule has 0 spiro atoms. The molecule has 1 saturated heterocycles. The Bertz CT molecular complexity index is 1140. The summed E-state index contributed by atoms with van der Waals surface area (Å²) in [6, 6.07) is 4.70. The van der Waals surface area contributed by atoms with Crippen molar-refractivity contribution in [2.24, 2.45) is 0 Å². The lowest BCUT2D eigenvalue weighted by Gasteiger charge is -2.19. The predicted octanol–water partition coefficient (Wildman–Crippen LogP) is 2.88. The first kappa shape index (κ1) is 23.1. The molecule has 3 heterocycles. The highest BCUT2D eigenvalue weighted by atomic mass is 32.1. The number of halogens is 3. The summed E-state index contributed by atoms with van der Waals surface area (Å²) >= 11 is 1.52. The van der Waals surface area contributed by atoms with E-state index in [4.69, 9.17) is 0 Å². The van der Waals surface area contributed by atoms with Crippen LogP contribution in [-0.2, 0) is 11.2 Å². The number of nitrogens with one attached hydrogen (secondary N) is 1. The summed E-state index contributed by atoms with van der Waals surface area (Å²) < 4.78 is 40.7. The normalized spacial score (nSPS) is 18.5. The molecule has 3 aromatic rings. The maximum atomic E-state index is 12.7. The summed E-state index contributed by atoms with van der Waals surface area (Å²) in [4.78, 5) is 25.1. The smallest absolute Gasteiger partial charge is 0.406 e. The summed E-state index contributed by atoms with van der Waals surface area (Å²) in [5.41, 5.74) is 1.34. The van der Waals surface area contributed by atoms with Crippen LogP contribution in [0.1, 0.15) is 5.56 Å². The number of aliphatic hydroxyl groups excluding tert-OH is 1. The van der Waals surface area contributed by atoms with Gasteiger partial charge in [0.05, 0.1) is 29.5 Å². The Morgan fingerprint density at radius 3 is 2.64 bits per heavy atom. The van der Waals surface area contributed by atoms with Gasteiger partial charge in [-0.1, -0.05) is 12.1 Å². The second-order valence-corrected chi connectivity index (χ2v) is 8.66. The Labute approximate surface area is 191 Å². The van der Waals surface area contributed by atoms with E-state index in [1.807, 2.05) is 29.8 Å². The minimum absolute atomic E-state index is 0.00607. The van der Waals surface area contributed by atoms with Crippen LogP contribution >= 0.6 is 11.3 Å². The fourth-order valence-electron chi connectivity index (χ4n) is 3.64. The monoisotopic (exact) mass is 481 g/mol. The fourth-order valence-corrected chi connectivity index (χ4v) is 4.38. The lowest BCUT2D eigenvalue weighted by molar-refractivity contribution is -0.274. The number of rotatable bonds is 6. The van der Waals surface area contributed by atoms with Crippen molar-refractivity contribution in [2.45, 2.75) is 24.9 Å². The molecular weight excluding hydrogens is 459 g/mol. The third-order valence-electron chi connectivity index (χ3n) is 5.21. The summed E-state index contributed by atoms with van der Waals surface area (Å²) in [5.74, 6) is 0.524. The van der Waals surface area contributed by atoms with Crippen LogP contribution in [0.2, 0.25) is 0 Å². The molecule has 2 N–H and O–H groups in total. The summed E-state index contributed by atoms with van der Waals surface area (Å²) in [7, 11) is 3.77. The Balaban J connectivity index is 1.39. The molecular formula is C21H22F3N5O3S. The average Bonchev–Trinajstić information content (AvgIpc) is 3.34. The maximum absolute atomic E-state index is 12.7. The van der Waals surface area contributed by atoms with Crippen molar-refractivity contribution in [2.75, 3.05) is 37.4 Å². The Morgan fingerprint density at radius 1 is 1.24 bits per heavy atom. The van der Waals surface area contributed by atoms with Gasteiger partial charge in [0, 0.05) is 37.9 Å². The summed E-state index contributed by atoms with van der Waals surface area (Å²) in [5, 5.41) is 18.5. The SMILES string of the molecule is CN(C)c1nc(NC2CN(C(=O)Cc3ccc(OC(F)(F)F)cc3)CC2O)nc2cscc12. The number of hydrogen-bond donors (Lipinski definition) is 2. The lowest BCUT2D eigenvalue weighted by atomic mass is 10.1. The van der Waals surface area contributed by atoms with Gasteiger partial charge in [0.2, 0.25) is 11.9 Å². The van der Waals surface area contributed by atoms with Gasteiger partial charge in [0.25, 0.3) is 0 Å². The second kappa shape index (κ2) is 9.02. The van der Waals surface area contributed by atoms with Crippen LogP contribution in [0, 0.1) is 0 Å². The number of ether oxygens (including phenoxy) is 1. The van der Waals surface area contributed by atoms with Gasteiger partial charge in [-0.25, -0.2) is 4.98 Å². The number of aliphatic hydroxyl groups is 1. The number of carbonyl (C=O) groups excluding carboxylic acids is 1. The molecule has 8 nitrogen and oxygen atoms in total. The van der Waals surface area contributed by atoms with Crippen molar-refractivity contribution in [1.29, 1.82) is 0 Å². The van der Waals surface area contributed by atoms with Gasteiger partial charge >= 0.3 is 6.36 Å². The van der Waals surface area contributed by atoms with E-state index in [9.17, 15) is 23.1 Å². The molecule has 0 aliphatic carbocycles. The van der Waals surface area contributed by atoms with E-state index in [0.717, 1.165) is 16.7 Å². The van der Waals surface area contributed by atoms with Gasteiger partial charge < -0.3 is 25.0 Å². The van der Waals surface area contributed by atoms with Gasteiger partial charge in [0.15, 0.2) is 0 Å². The van der Waals surface area contributed by atoms with Crippen LogP contribution in [0.25, 0.3) is 10.9 Å². The molecule has 1 aliphatic heterocycles. The van der Waals surface area contributed by atoms with E-state index in [1.54, 1.807) is 0 Å². The standard InChI is InChI=1S/C21H22F3N5O3S/c1-28(2)19-14-10-33-11-16(14)26-20(27-19)25-15-8-29(9-17(15)30)18(31)7-12-3-5-13(6-4-12)32-21(22,23)24/h3-6,10-11,15,17,30H,7-9H2,1-2H3,(H,25,26). The lowest BCUT2D eigenvalue weighted by Crippen LogP contribution is -2.34. The largest absolute Gasteiger partial charge is 0.573 e. The first-order valence-corrected chi connectivity index (χ1v) is 11.0. The third kappa shape index (κ3) is 5.45. The molecule has 0 bridgehead atoms. The molecule has 1 amide bonds. The number of anilines is 2. The van der Waals surface area contributed by atoms with Gasteiger partial charge in [-0.3, -0.25) is 4.79 Å². The number of fused-ring (bicyclic) bond motifs is 1. The molecule has 1 aromatic carbocycles.